The van der Waals surface area contributed by atoms with Gasteiger partial charge in [-0.15, -0.1) is 0 Å². The van der Waals surface area contributed by atoms with Gasteiger partial charge in [0.2, 0.25) is 0 Å². The minimum atomic E-state index is -0.473. The Hall–Kier alpha value is -2.25. The molecule has 0 radical (unpaired) electrons. The zero-order valence-corrected chi connectivity index (χ0v) is 14.3. The number of carbonyl (C=O) groups is 1. The Morgan fingerprint density at radius 1 is 1.32 bits per heavy atom. The van der Waals surface area contributed by atoms with Crippen molar-refractivity contribution in [2.45, 2.75) is 19.4 Å². The fourth-order valence-corrected chi connectivity index (χ4v) is 2.98. The molecule has 2 heterocycles. The quantitative estimate of drug-likeness (QED) is 0.892. The SMILES string of the molecule is CC[C@H](O)CN1CCN(C(=O)c2ccc(-n3cccn3)c(F)c2)CC1. The van der Waals surface area contributed by atoms with Gasteiger partial charge in [0.25, 0.3) is 5.91 Å². The Balaban J connectivity index is 1.63. The van der Waals surface area contributed by atoms with Crippen molar-refractivity contribution in [2.24, 2.45) is 0 Å². The summed E-state index contributed by atoms with van der Waals surface area (Å²) in [6.45, 7) is 5.18. The molecule has 134 valence electrons. The first-order valence-electron chi connectivity index (χ1n) is 8.57. The van der Waals surface area contributed by atoms with E-state index in [1.54, 1.807) is 35.5 Å². The van der Waals surface area contributed by atoms with Crippen LogP contribution in [0.25, 0.3) is 5.69 Å². The number of piperazine rings is 1. The average molecular weight is 346 g/mol. The highest BCUT2D eigenvalue weighted by molar-refractivity contribution is 5.94. The minimum absolute atomic E-state index is 0.165. The van der Waals surface area contributed by atoms with E-state index >= 15 is 0 Å². The zero-order chi connectivity index (χ0) is 17.8. The zero-order valence-electron chi connectivity index (χ0n) is 14.3. The van der Waals surface area contributed by atoms with Crippen LogP contribution in [-0.4, -0.2) is 69.4 Å². The highest BCUT2D eigenvalue weighted by atomic mass is 19.1. The molecule has 0 spiro atoms. The molecule has 1 atom stereocenters. The Morgan fingerprint density at radius 3 is 2.68 bits per heavy atom. The van der Waals surface area contributed by atoms with Crippen molar-refractivity contribution >= 4 is 5.91 Å². The van der Waals surface area contributed by atoms with E-state index in [2.05, 4.69) is 10.00 Å². The summed E-state index contributed by atoms with van der Waals surface area (Å²) in [4.78, 5) is 16.5. The molecule has 0 bridgehead atoms. The summed E-state index contributed by atoms with van der Waals surface area (Å²) in [5, 5.41) is 13.7. The summed E-state index contributed by atoms with van der Waals surface area (Å²) in [5.74, 6) is -0.638. The van der Waals surface area contributed by atoms with Crippen molar-refractivity contribution in [3.8, 4) is 5.69 Å². The molecule has 1 saturated heterocycles. The third-order valence-corrected chi connectivity index (χ3v) is 4.55. The summed E-state index contributed by atoms with van der Waals surface area (Å²) in [6.07, 6.45) is 3.63. The van der Waals surface area contributed by atoms with Crippen LogP contribution >= 0.6 is 0 Å². The molecule has 25 heavy (non-hydrogen) atoms. The van der Waals surface area contributed by atoms with Gasteiger partial charge in [0, 0.05) is 50.7 Å². The van der Waals surface area contributed by atoms with E-state index in [1.165, 1.54) is 10.7 Å². The van der Waals surface area contributed by atoms with E-state index in [9.17, 15) is 14.3 Å². The first-order chi connectivity index (χ1) is 12.1. The molecule has 1 aromatic carbocycles. The van der Waals surface area contributed by atoms with Gasteiger partial charge in [-0.3, -0.25) is 9.69 Å². The molecule has 7 heteroatoms. The molecule has 0 aliphatic carbocycles. The van der Waals surface area contributed by atoms with Crippen molar-refractivity contribution in [3.63, 3.8) is 0 Å². The molecule has 3 rings (SSSR count). The number of β-amino-alcohol motifs (C(OH)–C–C–N with tert-alkyl or cyclic N) is 1. The summed E-state index contributed by atoms with van der Waals surface area (Å²) in [7, 11) is 0. The van der Waals surface area contributed by atoms with Crippen LogP contribution in [0.5, 0.6) is 0 Å². The van der Waals surface area contributed by atoms with Crippen molar-refractivity contribution in [3.05, 3.63) is 48.0 Å². The fourth-order valence-electron chi connectivity index (χ4n) is 2.98. The van der Waals surface area contributed by atoms with Gasteiger partial charge in [-0.05, 0) is 30.7 Å². The number of hydrogen-bond donors (Lipinski definition) is 1. The van der Waals surface area contributed by atoms with E-state index in [-0.39, 0.29) is 12.0 Å². The van der Waals surface area contributed by atoms with Crippen LogP contribution in [0.15, 0.2) is 36.7 Å². The number of nitrogens with zero attached hydrogens (tertiary/aromatic N) is 4. The van der Waals surface area contributed by atoms with Crippen LogP contribution in [-0.2, 0) is 0 Å². The van der Waals surface area contributed by atoms with Gasteiger partial charge in [0.15, 0.2) is 0 Å². The lowest BCUT2D eigenvalue weighted by Crippen LogP contribution is -2.50. The van der Waals surface area contributed by atoms with Crippen LogP contribution < -0.4 is 0 Å². The average Bonchev–Trinajstić information content (AvgIpc) is 3.16. The molecular weight excluding hydrogens is 323 g/mol. The summed E-state index contributed by atoms with van der Waals surface area (Å²) >= 11 is 0. The molecule has 2 aromatic rings. The maximum Gasteiger partial charge on any atom is 0.254 e. The van der Waals surface area contributed by atoms with Gasteiger partial charge in [0.1, 0.15) is 11.5 Å². The molecule has 1 aliphatic heterocycles. The van der Waals surface area contributed by atoms with Crippen LogP contribution in [0.3, 0.4) is 0 Å². The fraction of sp³-hybridized carbons (Fsp3) is 0.444. The maximum atomic E-state index is 14.3. The lowest BCUT2D eigenvalue weighted by atomic mass is 10.1. The van der Waals surface area contributed by atoms with Crippen molar-refractivity contribution in [2.75, 3.05) is 32.7 Å². The highest BCUT2D eigenvalue weighted by Gasteiger charge is 2.23. The van der Waals surface area contributed by atoms with Gasteiger partial charge in [-0.25, -0.2) is 9.07 Å². The molecule has 1 fully saturated rings. The number of aliphatic hydroxyl groups excluding tert-OH is 1. The van der Waals surface area contributed by atoms with Gasteiger partial charge in [-0.1, -0.05) is 6.92 Å². The summed E-state index contributed by atoms with van der Waals surface area (Å²) < 4.78 is 15.7. The number of aliphatic hydroxyl groups is 1. The standard InChI is InChI=1S/C18H23FN4O2/c1-2-15(24)13-21-8-10-22(11-9-21)18(25)14-4-5-17(16(19)12-14)23-7-3-6-20-23/h3-7,12,15,24H,2,8-11,13H2,1H3/t15-/m0/s1. The monoisotopic (exact) mass is 346 g/mol. The van der Waals surface area contributed by atoms with E-state index < -0.39 is 5.82 Å². The van der Waals surface area contributed by atoms with Crippen molar-refractivity contribution in [1.82, 2.24) is 19.6 Å². The van der Waals surface area contributed by atoms with Gasteiger partial charge >= 0.3 is 0 Å². The van der Waals surface area contributed by atoms with Gasteiger partial charge in [0.05, 0.1) is 6.10 Å². The molecule has 0 saturated carbocycles. The third kappa shape index (κ3) is 4.05. The topological polar surface area (TPSA) is 61.6 Å². The van der Waals surface area contributed by atoms with E-state index in [0.717, 1.165) is 19.5 Å². The Bertz CT molecular complexity index is 712. The molecular formula is C18H23FN4O2. The number of benzene rings is 1. The van der Waals surface area contributed by atoms with E-state index in [4.69, 9.17) is 0 Å². The molecule has 1 N–H and O–H groups in total. The Morgan fingerprint density at radius 2 is 2.08 bits per heavy atom. The van der Waals surface area contributed by atoms with Crippen LogP contribution in [0, 0.1) is 5.82 Å². The highest BCUT2D eigenvalue weighted by Crippen LogP contribution is 2.17. The lowest BCUT2D eigenvalue weighted by molar-refractivity contribution is 0.0523. The van der Waals surface area contributed by atoms with E-state index in [1.807, 2.05) is 6.92 Å². The smallest absolute Gasteiger partial charge is 0.254 e. The van der Waals surface area contributed by atoms with Gasteiger partial charge in [-0.2, -0.15) is 5.10 Å². The van der Waals surface area contributed by atoms with Crippen LogP contribution in [0.4, 0.5) is 4.39 Å². The third-order valence-electron chi connectivity index (χ3n) is 4.55. The molecule has 1 aliphatic rings. The minimum Gasteiger partial charge on any atom is -0.392 e. The number of hydrogen-bond acceptors (Lipinski definition) is 4. The largest absolute Gasteiger partial charge is 0.392 e. The first-order valence-corrected chi connectivity index (χ1v) is 8.57. The summed E-state index contributed by atoms with van der Waals surface area (Å²) in [6, 6.07) is 6.19. The molecule has 6 nitrogen and oxygen atoms in total. The Kier molecular flexibility index (Phi) is 5.45. The molecule has 1 aromatic heterocycles. The Labute approximate surface area is 146 Å². The van der Waals surface area contributed by atoms with Crippen molar-refractivity contribution < 1.29 is 14.3 Å². The predicted octanol–water partition coefficient (Wildman–Crippen LogP) is 1.54. The number of rotatable bonds is 5. The summed E-state index contributed by atoms with van der Waals surface area (Å²) in [5.41, 5.74) is 0.662. The second-order valence-electron chi connectivity index (χ2n) is 6.27. The number of aromatic nitrogens is 2. The van der Waals surface area contributed by atoms with Crippen molar-refractivity contribution in [1.29, 1.82) is 0 Å². The predicted molar refractivity (Wildman–Crippen MR) is 92.2 cm³/mol. The number of carbonyl (C=O) groups excluding carboxylic acids is 1. The maximum absolute atomic E-state index is 14.3. The lowest BCUT2D eigenvalue weighted by Gasteiger charge is -2.35. The van der Waals surface area contributed by atoms with Crippen LogP contribution in [0.2, 0.25) is 0 Å². The van der Waals surface area contributed by atoms with Gasteiger partial charge < -0.3 is 10.0 Å². The second kappa shape index (κ2) is 7.76. The first kappa shape index (κ1) is 17.6. The second-order valence-corrected chi connectivity index (χ2v) is 6.27. The molecule has 0 unspecified atom stereocenters. The normalized spacial score (nSPS) is 16.8. The number of halogens is 1. The van der Waals surface area contributed by atoms with E-state index in [0.29, 0.717) is 30.9 Å². The number of amides is 1. The molecule has 1 amide bonds. The van der Waals surface area contributed by atoms with Crippen LogP contribution in [0.1, 0.15) is 23.7 Å².